The topological polar surface area (TPSA) is 52.0 Å². The average molecular weight is 431 g/mol. The molecule has 7 heteroatoms. The molecule has 5 nitrogen and oxygen atoms in total. The van der Waals surface area contributed by atoms with Crippen molar-refractivity contribution < 1.29 is 9.13 Å². The average Bonchev–Trinajstić information content (AvgIpc) is 3.27. The lowest BCUT2D eigenvalue weighted by atomic mass is 9.84. The van der Waals surface area contributed by atoms with Crippen molar-refractivity contribution in [2.24, 2.45) is 0 Å². The molecule has 0 spiro atoms. The highest BCUT2D eigenvalue weighted by Crippen LogP contribution is 2.51. The summed E-state index contributed by atoms with van der Waals surface area (Å²) in [5.41, 5.74) is 4.51. The van der Waals surface area contributed by atoms with Crippen LogP contribution in [0, 0.1) is 5.82 Å². The third-order valence-electron chi connectivity index (χ3n) is 5.69. The van der Waals surface area contributed by atoms with Crippen molar-refractivity contribution in [2.75, 3.05) is 5.32 Å². The van der Waals surface area contributed by atoms with Gasteiger partial charge in [0.1, 0.15) is 23.9 Å². The number of ether oxygens (including phenoxy) is 1. The maximum Gasteiger partial charge on any atom is 0.226 e. The van der Waals surface area contributed by atoms with E-state index in [4.69, 9.17) is 16.3 Å². The van der Waals surface area contributed by atoms with Crippen LogP contribution in [0.3, 0.4) is 0 Å². The smallest absolute Gasteiger partial charge is 0.226 e. The second-order valence-electron chi connectivity index (χ2n) is 7.45. The maximum atomic E-state index is 13.7. The molecule has 0 amide bonds. The van der Waals surface area contributed by atoms with Crippen LogP contribution < -0.4 is 10.1 Å². The number of nitrogens with zero attached hydrogens (tertiary/aromatic N) is 3. The van der Waals surface area contributed by atoms with E-state index in [-0.39, 0.29) is 11.9 Å². The summed E-state index contributed by atoms with van der Waals surface area (Å²) in [5, 5.41) is 8.51. The van der Waals surface area contributed by atoms with Crippen LogP contribution in [-0.2, 0) is 0 Å². The SMILES string of the molecule is Fc1ccc(C2C3=C(Nc4ncnn42)c2ccccc2OC3c2ccccc2Cl)cc1. The number of anilines is 1. The molecule has 2 aliphatic rings. The number of fused-ring (bicyclic) bond motifs is 3. The fourth-order valence-corrected chi connectivity index (χ4v) is 4.56. The summed E-state index contributed by atoms with van der Waals surface area (Å²) in [6, 6.07) is 21.6. The zero-order valence-corrected chi connectivity index (χ0v) is 16.9. The number of halogens is 2. The first-order chi connectivity index (χ1) is 15.2. The molecule has 6 rings (SSSR count). The first kappa shape index (κ1) is 18.2. The van der Waals surface area contributed by atoms with E-state index in [2.05, 4.69) is 15.4 Å². The van der Waals surface area contributed by atoms with Gasteiger partial charge >= 0.3 is 0 Å². The molecule has 1 N–H and O–H groups in total. The van der Waals surface area contributed by atoms with E-state index in [1.54, 1.807) is 16.8 Å². The van der Waals surface area contributed by atoms with Crippen molar-refractivity contribution in [3.05, 3.63) is 112 Å². The Hall–Kier alpha value is -3.64. The number of para-hydroxylation sites is 1. The number of benzene rings is 3. The van der Waals surface area contributed by atoms with Crippen LogP contribution in [0.1, 0.15) is 28.8 Å². The van der Waals surface area contributed by atoms with Crippen LogP contribution in [0.25, 0.3) is 5.70 Å². The summed E-state index contributed by atoms with van der Waals surface area (Å²) in [6.07, 6.45) is 1.05. The Bertz CT molecular complexity index is 1330. The van der Waals surface area contributed by atoms with Crippen LogP contribution in [0.2, 0.25) is 5.02 Å². The molecule has 152 valence electrons. The lowest BCUT2D eigenvalue weighted by Crippen LogP contribution is -2.32. The van der Waals surface area contributed by atoms with Crippen LogP contribution in [0.4, 0.5) is 10.3 Å². The van der Waals surface area contributed by atoms with E-state index in [0.717, 1.165) is 33.7 Å². The van der Waals surface area contributed by atoms with Crippen LogP contribution in [0.15, 0.2) is 84.7 Å². The number of aromatic nitrogens is 3. The largest absolute Gasteiger partial charge is 0.480 e. The predicted octanol–water partition coefficient (Wildman–Crippen LogP) is 5.63. The molecule has 31 heavy (non-hydrogen) atoms. The zero-order chi connectivity index (χ0) is 20.9. The Morgan fingerprint density at radius 3 is 2.58 bits per heavy atom. The van der Waals surface area contributed by atoms with Gasteiger partial charge in [-0.3, -0.25) is 0 Å². The third-order valence-corrected chi connectivity index (χ3v) is 6.04. The lowest BCUT2D eigenvalue weighted by Gasteiger charge is -2.39. The maximum absolute atomic E-state index is 13.7. The second-order valence-corrected chi connectivity index (χ2v) is 7.86. The molecule has 0 bridgehead atoms. The number of nitrogens with one attached hydrogen (secondary N) is 1. The second kappa shape index (κ2) is 6.96. The Labute approximate surface area is 182 Å². The first-order valence-corrected chi connectivity index (χ1v) is 10.2. The van der Waals surface area contributed by atoms with Crippen LogP contribution in [0.5, 0.6) is 5.75 Å². The normalized spacial score (nSPS) is 19.0. The Balaban J connectivity index is 1.65. The Morgan fingerprint density at radius 1 is 0.968 bits per heavy atom. The highest BCUT2D eigenvalue weighted by atomic mass is 35.5. The standard InChI is InChI=1S/C24H16ClFN4O/c25-18-7-3-1-5-16(18)23-20-21(17-6-2-4-8-19(17)31-23)29-24-27-13-28-30(24)22(20)14-9-11-15(26)12-10-14/h1-13,22-23H,(H,27,28,29). The fourth-order valence-electron chi connectivity index (χ4n) is 4.33. The number of rotatable bonds is 2. The molecular weight excluding hydrogens is 415 g/mol. The van der Waals surface area contributed by atoms with Gasteiger partial charge in [0, 0.05) is 21.7 Å². The highest BCUT2D eigenvalue weighted by Gasteiger charge is 2.41. The third kappa shape index (κ3) is 2.83. The zero-order valence-electron chi connectivity index (χ0n) is 16.2. The van der Waals surface area contributed by atoms with Gasteiger partial charge in [-0.15, -0.1) is 0 Å². The van der Waals surface area contributed by atoms with Gasteiger partial charge in [0.25, 0.3) is 0 Å². The van der Waals surface area contributed by atoms with Crippen molar-refractivity contribution in [3.63, 3.8) is 0 Å². The van der Waals surface area contributed by atoms with Crippen LogP contribution in [-0.4, -0.2) is 14.8 Å². The predicted molar refractivity (Wildman–Crippen MR) is 116 cm³/mol. The molecule has 0 aliphatic carbocycles. The minimum Gasteiger partial charge on any atom is -0.480 e. The van der Waals surface area contributed by atoms with E-state index < -0.39 is 6.10 Å². The molecule has 3 aromatic carbocycles. The molecule has 1 aromatic heterocycles. The molecule has 0 saturated carbocycles. The van der Waals surface area contributed by atoms with Crippen molar-refractivity contribution in [1.82, 2.24) is 14.8 Å². The van der Waals surface area contributed by atoms with Gasteiger partial charge in [0.15, 0.2) is 6.10 Å². The minimum atomic E-state index is -0.460. The molecule has 0 saturated heterocycles. The summed E-state index contributed by atoms with van der Waals surface area (Å²) in [6.45, 7) is 0. The summed E-state index contributed by atoms with van der Waals surface area (Å²) < 4.78 is 22.0. The van der Waals surface area contributed by atoms with E-state index >= 15 is 0 Å². The molecule has 2 atom stereocenters. The van der Waals surface area contributed by atoms with E-state index in [0.29, 0.717) is 11.0 Å². The van der Waals surface area contributed by atoms with E-state index in [1.807, 2.05) is 48.5 Å². The summed E-state index contributed by atoms with van der Waals surface area (Å²) >= 11 is 6.60. The van der Waals surface area contributed by atoms with Gasteiger partial charge in [-0.2, -0.15) is 10.1 Å². The first-order valence-electron chi connectivity index (χ1n) is 9.87. The molecule has 3 heterocycles. The number of hydrogen-bond acceptors (Lipinski definition) is 4. The van der Waals surface area contributed by atoms with Gasteiger partial charge < -0.3 is 10.1 Å². The van der Waals surface area contributed by atoms with Gasteiger partial charge in [0.05, 0.1) is 5.70 Å². The van der Waals surface area contributed by atoms with Crippen molar-refractivity contribution >= 4 is 23.2 Å². The lowest BCUT2D eigenvalue weighted by molar-refractivity contribution is 0.223. The fraction of sp³-hybridized carbons (Fsp3) is 0.0833. The minimum absolute atomic E-state index is 0.293. The van der Waals surface area contributed by atoms with Gasteiger partial charge in [-0.05, 0) is 35.9 Å². The van der Waals surface area contributed by atoms with E-state index in [1.165, 1.54) is 18.5 Å². The molecule has 2 unspecified atom stereocenters. The van der Waals surface area contributed by atoms with Gasteiger partial charge in [0.2, 0.25) is 5.95 Å². The molecular formula is C24H16ClFN4O. The summed E-state index contributed by atoms with van der Waals surface area (Å²) in [7, 11) is 0. The van der Waals surface area contributed by atoms with Crippen molar-refractivity contribution in [1.29, 1.82) is 0 Å². The van der Waals surface area contributed by atoms with Crippen LogP contribution >= 0.6 is 11.6 Å². The van der Waals surface area contributed by atoms with E-state index in [9.17, 15) is 4.39 Å². The quantitative estimate of drug-likeness (QED) is 0.447. The summed E-state index contributed by atoms with van der Waals surface area (Å²) in [5.74, 6) is 1.07. The Kier molecular flexibility index (Phi) is 4.07. The summed E-state index contributed by atoms with van der Waals surface area (Å²) in [4.78, 5) is 4.39. The molecule has 2 aliphatic heterocycles. The molecule has 0 fully saturated rings. The van der Waals surface area contributed by atoms with Gasteiger partial charge in [-0.1, -0.05) is 54.1 Å². The molecule has 4 aromatic rings. The monoisotopic (exact) mass is 430 g/mol. The number of hydrogen-bond donors (Lipinski definition) is 1. The van der Waals surface area contributed by atoms with Crippen molar-refractivity contribution in [3.8, 4) is 5.75 Å². The van der Waals surface area contributed by atoms with Crippen molar-refractivity contribution in [2.45, 2.75) is 12.1 Å². The Morgan fingerprint density at radius 2 is 1.74 bits per heavy atom. The van der Waals surface area contributed by atoms with Gasteiger partial charge in [-0.25, -0.2) is 9.07 Å². The molecule has 0 radical (unpaired) electrons. The highest BCUT2D eigenvalue weighted by molar-refractivity contribution is 6.31.